The maximum absolute atomic E-state index is 9.95. The van der Waals surface area contributed by atoms with E-state index in [1.54, 1.807) is 0 Å². The number of hydrogen-bond donors (Lipinski definition) is 1. The molecule has 116 valence electrons. The van der Waals surface area contributed by atoms with Crippen molar-refractivity contribution in [2.45, 2.75) is 37.9 Å². The van der Waals surface area contributed by atoms with E-state index < -0.39 is 0 Å². The summed E-state index contributed by atoms with van der Waals surface area (Å²) in [5.74, 6) is 0. The van der Waals surface area contributed by atoms with Crippen LogP contribution in [0.4, 0.5) is 0 Å². The lowest BCUT2D eigenvalue weighted by molar-refractivity contribution is -0.0225. The molecule has 0 amide bonds. The number of rotatable bonds is 5. The number of β-amino-alcohol motifs (C(OH)–C–C–N with tert-alkyl or cyclic N) is 1. The number of hydrogen-bond acceptors (Lipinski definition) is 4. The van der Waals surface area contributed by atoms with Gasteiger partial charge in [-0.1, -0.05) is 12.8 Å². The average Bonchev–Trinajstić information content (AvgIpc) is 2.83. The van der Waals surface area contributed by atoms with E-state index in [0.717, 1.165) is 32.7 Å². The second-order valence-electron chi connectivity index (χ2n) is 5.50. The zero-order chi connectivity index (χ0) is 12.1. The van der Waals surface area contributed by atoms with Gasteiger partial charge in [0.2, 0.25) is 0 Å². The summed E-state index contributed by atoms with van der Waals surface area (Å²) in [5.41, 5.74) is 0. The van der Waals surface area contributed by atoms with Crippen LogP contribution >= 0.6 is 24.8 Å². The third kappa shape index (κ3) is 7.11. The van der Waals surface area contributed by atoms with Crippen molar-refractivity contribution in [1.82, 2.24) is 9.80 Å². The van der Waals surface area contributed by atoms with Gasteiger partial charge >= 0.3 is 0 Å². The van der Waals surface area contributed by atoms with Gasteiger partial charge in [0, 0.05) is 32.7 Å². The van der Waals surface area contributed by atoms with Crippen LogP contribution in [0, 0.1) is 0 Å². The van der Waals surface area contributed by atoms with Crippen LogP contribution in [0.3, 0.4) is 0 Å². The SMILES string of the molecule is CN1CCN(CC(O)COC2CCCC2)CC1.Cl.Cl. The van der Waals surface area contributed by atoms with E-state index in [0.29, 0.717) is 12.7 Å². The maximum Gasteiger partial charge on any atom is 0.0900 e. The summed E-state index contributed by atoms with van der Waals surface area (Å²) in [6.45, 7) is 5.62. The highest BCUT2D eigenvalue weighted by Crippen LogP contribution is 2.20. The Morgan fingerprint density at radius 2 is 1.68 bits per heavy atom. The van der Waals surface area contributed by atoms with Gasteiger partial charge < -0.3 is 14.7 Å². The molecule has 1 aliphatic carbocycles. The summed E-state index contributed by atoms with van der Waals surface area (Å²) in [6, 6.07) is 0. The van der Waals surface area contributed by atoms with Crippen LogP contribution in [0.5, 0.6) is 0 Å². The minimum absolute atomic E-state index is 0. The molecule has 0 aromatic carbocycles. The van der Waals surface area contributed by atoms with Crippen molar-refractivity contribution in [3.8, 4) is 0 Å². The lowest BCUT2D eigenvalue weighted by Crippen LogP contribution is -2.47. The first-order chi connectivity index (χ1) is 8.24. The van der Waals surface area contributed by atoms with E-state index in [4.69, 9.17) is 4.74 Å². The monoisotopic (exact) mass is 314 g/mol. The van der Waals surface area contributed by atoms with Crippen molar-refractivity contribution in [1.29, 1.82) is 0 Å². The smallest absolute Gasteiger partial charge is 0.0900 e. The first-order valence-corrected chi connectivity index (χ1v) is 6.94. The molecule has 4 nitrogen and oxygen atoms in total. The highest BCUT2D eigenvalue weighted by atomic mass is 35.5. The number of halogens is 2. The van der Waals surface area contributed by atoms with Crippen LogP contribution in [0.2, 0.25) is 0 Å². The van der Waals surface area contributed by atoms with E-state index in [9.17, 15) is 5.11 Å². The highest BCUT2D eigenvalue weighted by molar-refractivity contribution is 5.85. The predicted molar refractivity (Wildman–Crippen MR) is 82.6 cm³/mol. The lowest BCUT2D eigenvalue weighted by atomic mass is 10.2. The van der Waals surface area contributed by atoms with Crippen molar-refractivity contribution in [3.05, 3.63) is 0 Å². The van der Waals surface area contributed by atoms with E-state index in [-0.39, 0.29) is 30.9 Å². The minimum Gasteiger partial charge on any atom is -0.389 e. The molecule has 0 radical (unpaired) electrons. The summed E-state index contributed by atoms with van der Waals surface area (Å²) in [4.78, 5) is 4.67. The van der Waals surface area contributed by atoms with Crippen molar-refractivity contribution in [2.24, 2.45) is 0 Å². The molecule has 6 heteroatoms. The largest absolute Gasteiger partial charge is 0.389 e. The van der Waals surface area contributed by atoms with E-state index in [2.05, 4.69) is 16.8 Å². The average molecular weight is 315 g/mol. The van der Waals surface area contributed by atoms with Crippen LogP contribution < -0.4 is 0 Å². The molecule has 1 saturated heterocycles. The van der Waals surface area contributed by atoms with Gasteiger partial charge in [-0.05, 0) is 19.9 Å². The van der Waals surface area contributed by atoms with E-state index >= 15 is 0 Å². The van der Waals surface area contributed by atoms with E-state index in [1.807, 2.05) is 0 Å². The highest BCUT2D eigenvalue weighted by Gasteiger charge is 2.20. The zero-order valence-electron chi connectivity index (χ0n) is 11.8. The van der Waals surface area contributed by atoms with E-state index in [1.165, 1.54) is 25.7 Å². The third-order valence-electron chi connectivity index (χ3n) is 3.89. The van der Waals surface area contributed by atoms with Crippen LogP contribution in [0.15, 0.2) is 0 Å². The number of piperazine rings is 1. The molecule has 1 atom stereocenters. The van der Waals surface area contributed by atoms with Crippen molar-refractivity contribution in [3.63, 3.8) is 0 Å². The molecule has 2 fully saturated rings. The summed E-state index contributed by atoms with van der Waals surface area (Å²) < 4.78 is 5.74. The molecule has 19 heavy (non-hydrogen) atoms. The Hall–Kier alpha value is 0.420. The number of aliphatic hydroxyl groups excluding tert-OH is 1. The quantitative estimate of drug-likeness (QED) is 0.832. The number of ether oxygens (including phenoxy) is 1. The van der Waals surface area contributed by atoms with Crippen molar-refractivity contribution >= 4 is 24.8 Å². The van der Waals surface area contributed by atoms with Crippen molar-refractivity contribution < 1.29 is 9.84 Å². The van der Waals surface area contributed by atoms with Crippen LogP contribution in [0.25, 0.3) is 0 Å². The van der Waals surface area contributed by atoms with Gasteiger partial charge in [-0.2, -0.15) is 0 Å². The van der Waals surface area contributed by atoms with Gasteiger partial charge in [-0.15, -0.1) is 24.8 Å². The Kier molecular flexibility index (Phi) is 10.4. The topological polar surface area (TPSA) is 35.9 Å². The number of likely N-dealkylation sites (N-methyl/N-ethyl adjacent to an activating group) is 1. The Morgan fingerprint density at radius 3 is 2.26 bits per heavy atom. The molecule has 1 aliphatic heterocycles. The molecular formula is C13H28Cl2N2O2. The molecule has 0 aromatic heterocycles. The normalized spacial score (nSPS) is 23.7. The molecule has 1 heterocycles. The Morgan fingerprint density at radius 1 is 1.11 bits per heavy atom. The second-order valence-corrected chi connectivity index (χ2v) is 5.50. The van der Waals surface area contributed by atoms with Gasteiger partial charge in [0.1, 0.15) is 0 Å². The molecular weight excluding hydrogens is 287 g/mol. The van der Waals surface area contributed by atoms with Crippen molar-refractivity contribution in [2.75, 3.05) is 46.4 Å². The van der Waals surface area contributed by atoms with Gasteiger partial charge in [0.05, 0.1) is 18.8 Å². The summed E-state index contributed by atoms with van der Waals surface area (Å²) in [7, 11) is 2.15. The standard InChI is InChI=1S/C13H26N2O2.2ClH/c1-14-6-8-15(9-7-14)10-12(16)11-17-13-4-2-3-5-13;;/h12-13,16H,2-11H2,1H3;2*1H. The lowest BCUT2D eigenvalue weighted by Gasteiger charge is -2.33. The molecule has 2 aliphatic rings. The fraction of sp³-hybridized carbons (Fsp3) is 1.00. The molecule has 1 saturated carbocycles. The van der Waals surface area contributed by atoms with Gasteiger partial charge in [-0.3, -0.25) is 4.90 Å². The molecule has 0 aromatic rings. The maximum atomic E-state index is 9.95. The fourth-order valence-electron chi connectivity index (χ4n) is 2.68. The summed E-state index contributed by atoms with van der Waals surface area (Å²) in [5, 5.41) is 9.95. The van der Waals surface area contributed by atoms with Gasteiger partial charge in [0.15, 0.2) is 0 Å². The Balaban J connectivity index is 0.00000162. The van der Waals surface area contributed by atoms with Crippen LogP contribution in [0.1, 0.15) is 25.7 Å². The molecule has 0 spiro atoms. The third-order valence-corrected chi connectivity index (χ3v) is 3.89. The minimum atomic E-state index is -0.320. The summed E-state index contributed by atoms with van der Waals surface area (Å²) >= 11 is 0. The first kappa shape index (κ1) is 19.4. The first-order valence-electron chi connectivity index (χ1n) is 6.94. The van der Waals surface area contributed by atoms with Crippen LogP contribution in [-0.2, 0) is 4.74 Å². The predicted octanol–water partition coefficient (Wildman–Crippen LogP) is 1.40. The molecule has 1 unspecified atom stereocenters. The van der Waals surface area contributed by atoms with Crippen LogP contribution in [-0.4, -0.2) is 73.5 Å². The molecule has 1 N–H and O–H groups in total. The number of nitrogens with zero attached hydrogens (tertiary/aromatic N) is 2. The zero-order valence-corrected chi connectivity index (χ0v) is 13.4. The second kappa shape index (κ2) is 10.2. The van der Waals surface area contributed by atoms with Gasteiger partial charge in [-0.25, -0.2) is 0 Å². The fourth-order valence-corrected chi connectivity index (χ4v) is 2.68. The summed E-state index contributed by atoms with van der Waals surface area (Å²) in [6.07, 6.45) is 5.04. The molecule has 0 bridgehead atoms. The molecule has 2 rings (SSSR count). The number of aliphatic hydroxyl groups is 1. The van der Waals surface area contributed by atoms with Gasteiger partial charge in [0.25, 0.3) is 0 Å². The Bertz CT molecular complexity index is 221. The Labute approximate surface area is 129 Å².